The van der Waals surface area contributed by atoms with Crippen molar-refractivity contribution in [3.8, 4) is 11.3 Å². The van der Waals surface area contributed by atoms with E-state index in [0.29, 0.717) is 23.7 Å². The van der Waals surface area contributed by atoms with Crippen LogP contribution in [0.15, 0.2) is 30.5 Å². The third kappa shape index (κ3) is 3.57. The van der Waals surface area contributed by atoms with E-state index in [4.69, 9.17) is 16.3 Å². The van der Waals surface area contributed by atoms with Crippen molar-refractivity contribution in [1.29, 1.82) is 0 Å². The highest BCUT2D eigenvalue weighted by Gasteiger charge is 2.25. The molecule has 1 aromatic heterocycles. The lowest BCUT2D eigenvalue weighted by Crippen LogP contribution is -2.37. The minimum absolute atomic E-state index is 0.0262. The number of hydrogen-bond acceptors (Lipinski definition) is 3. The van der Waals surface area contributed by atoms with Crippen LogP contribution in [0.25, 0.3) is 11.3 Å². The minimum Gasteiger partial charge on any atom is -0.376 e. The number of halogens is 1. The zero-order chi connectivity index (χ0) is 16.2. The molecule has 2 heterocycles. The fourth-order valence-corrected chi connectivity index (χ4v) is 2.97. The molecule has 1 saturated heterocycles. The van der Waals surface area contributed by atoms with E-state index in [2.05, 4.69) is 10.2 Å². The number of rotatable bonds is 5. The molecule has 23 heavy (non-hydrogen) atoms. The van der Waals surface area contributed by atoms with Gasteiger partial charge in [-0.1, -0.05) is 23.7 Å². The summed E-state index contributed by atoms with van der Waals surface area (Å²) in [7, 11) is 0. The van der Waals surface area contributed by atoms with Gasteiger partial charge in [0.15, 0.2) is 0 Å². The molecule has 5 nitrogen and oxygen atoms in total. The number of aromatic nitrogens is 2. The summed E-state index contributed by atoms with van der Waals surface area (Å²) in [5.74, 6) is -0.0262. The number of ether oxygens (including phenoxy) is 1. The summed E-state index contributed by atoms with van der Waals surface area (Å²) in [5.41, 5.74) is 2.19. The van der Waals surface area contributed by atoms with Gasteiger partial charge in [0.05, 0.1) is 23.6 Å². The van der Waals surface area contributed by atoms with Crippen LogP contribution < -0.4 is 0 Å². The Bertz CT molecular complexity index is 663. The molecule has 2 aromatic rings. The first kappa shape index (κ1) is 16.0. The highest BCUT2D eigenvalue weighted by atomic mass is 35.5. The Morgan fingerprint density at radius 3 is 2.87 bits per heavy atom. The third-order valence-electron chi connectivity index (χ3n) is 4.12. The van der Waals surface area contributed by atoms with E-state index in [9.17, 15) is 4.79 Å². The Labute approximate surface area is 140 Å². The van der Waals surface area contributed by atoms with Gasteiger partial charge in [0, 0.05) is 30.3 Å². The van der Waals surface area contributed by atoms with Gasteiger partial charge in [0.25, 0.3) is 5.91 Å². The number of likely N-dealkylation sites (N-methyl/N-ethyl adjacent to an activating group) is 1. The Kier molecular flexibility index (Phi) is 4.98. The standard InChI is InChI=1S/C17H20ClN3O2/c1-2-21(11-14-4-3-9-23-14)17(22)15-10-19-20-16(15)12-5-7-13(18)8-6-12/h5-8,10,14H,2-4,9,11H2,1H3,(H,19,20)/t14-/m1/s1. The van der Waals surface area contributed by atoms with E-state index in [-0.39, 0.29) is 12.0 Å². The van der Waals surface area contributed by atoms with E-state index in [1.165, 1.54) is 0 Å². The van der Waals surface area contributed by atoms with E-state index in [1.807, 2.05) is 24.0 Å². The molecular weight excluding hydrogens is 314 g/mol. The second kappa shape index (κ2) is 7.15. The summed E-state index contributed by atoms with van der Waals surface area (Å²) in [6.07, 6.45) is 3.81. The summed E-state index contributed by atoms with van der Waals surface area (Å²) in [5, 5.41) is 7.64. The molecule has 0 bridgehead atoms. The SMILES string of the molecule is CCN(C[C@H]1CCCO1)C(=O)c1cn[nH]c1-c1ccc(Cl)cc1. The smallest absolute Gasteiger partial charge is 0.257 e. The zero-order valence-corrected chi connectivity index (χ0v) is 13.8. The first-order valence-corrected chi connectivity index (χ1v) is 8.27. The maximum atomic E-state index is 12.9. The van der Waals surface area contributed by atoms with Crippen molar-refractivity contribution < 1.29 is 9.53 Å². The van der Waals surface area contributed by atoms with Crippen molar-refractivity contribution in [2.75, 3.05) is 19.7 Å². The molecule has 6 heteroatoms. The fraction of sp³-hybridized carbons (Fsp3) is 0.412. The Morgan fingerprint density at radius 1 is 1.43 bits per heavy atom. The maximum absolute atomic E-state index is 12.9. The molecule has 0 aliphatic carbocycles. The van der Waals surface area contributed by atoms with Crippen molar-refractivity contribution in [2.45, 2.75) is 25.9 Å². The monoisotopic (exact) mass is 333 g/mol. The van der Waals surface area contributed by atoms with Gasteiger partial charge >= 0.3 is 0 Å². The largest absolute Gasteiger partial charge is 0.376 e. The lowest BCUT2D eigenvalue weighted by atomic mass is 10.1. The number of aromatic amines is 1. The third-order valence-corrected chi connectivity index (χ3v) is 4.37. The second-order valence-electron chi connectivity index (χ2n) is 5.64. The molecule has 0 unspecified atom stereocenters. The molecule has 1 N–H and O–H groups in total. The Morgan fingerprint density at radius 2 is 2.22 bits per heavy atom. The molecule has 1 aliphatic heterocycles. The van der Waals surface area contributed by atoms with Crippen LogP contribution in [0.4, 0.5) is 0 Å². The van der Waals surface area contributed by atoms with Crippen LogP contribution in [0.1, 0.15) is 30.1 Å². The van der Waals surface area contributed by atoms with Crippen LogP contribution >= 0.6 is 11.6 Å². The lowest BCUT2D eigenvalue weighted by Gasteiger charge is -2.24. The molecule has 0 radical (unpaired) electrons. The molecular formula is C17H20ClN3O2. The van der Waals surface area contributed by atoms with Crippen molar-refractivity contribution in [3.63, 3.8) is 0 Å². The first-order chi connectivity index (χ1) is 11.2. The normalized spacial score (nSPS) is 17.4. The summed E-state index contributed by atoms with van der Waals surface area (Å²) in [4.78, 5) is 14.7. The average Bonchev–Trinajstić information content (AvgIpc) is 3.24. The van der Waals surface area contributed by atoms with Gasteiger partial charge in [-0.25, -0.2) is 0 Å². The van der Waals surface area contributed by atoms with Crippen LogP contribution in [-0.2, 0) is 4.74 Å². The lowest BCUT2D eigenvalue weighted by molar-refractivity contribution is 0.0540. The van der Waals surface area contributed by atoms with Crippen molar-refractivity contribution in [3.05, 3.63) is 41.0 Å². The fourth-order valence-electron chi connectivity index (χ4n) is 2.85. The van der Waals surface area contributed by atoms with Gasteiger partial charge in [-0.2, -0.15) is 5.10 Å². The quantitative estimate of drug-likeness (QED) is 0.912. The van der Waals surface area contributed by atoms with Crippen molar-refractivity contribution in [2.24, 2.45) is 0 Å². The number of H-pyrrole nitrogens is 1. The number of carbonyl (C=O) groups is 1. The Balaban J connectivity index is 1.81. The van der Waals surface area contributed by atoms with E-state index < -0.39 is 0 Å². The van der Waals surface area contributed by atoms with Crippen LogP contribution in [0.5, 0.6) is 0 Å². The number of amides is 1. The molecule has 1 aliphatic rings. The van der Waals surface area contributed by atoms with Crippen molar-refractivity contribution in [1.82, 2.24) is 15.1 Å². The number of nitrogens with zero attached hydrogens (tertiary/aromatic N) is 2. The molecule has 1 fully saturated rings. The summed E-state index contributed by atoms with van der Waals surface area (Å²) < 4.78 is 5.65. The topological polar surface area (TPSA) is 58.2 Å². The highest BCUT2D eigenvalue weighted by Crippen LogP contribution is 2.24. The molecule has 1 amide bonds. The first-order valence-electron chi connectivity index (χ1n) is 7.89. The van der Waals surface area contributed by atoms with E-state index in [1.54, 1.807) is 18.3 Å². The average molecular weight is 334 g/mol. The molecule has 1 aromatic carbocycles. The second-order valence-corrected chi connectivity index (χ2v) is 6.08. The number of carbonyl (C=O) groups excluding carboxylic acids is 1. The maximum Gasteiger partial charge on any atom is 0.257 e. The van der Waals surface area contributed by atoms with Gasteiger partial charge in [-0.15, -0.1) is 0 Å². The zero-order valence-electron chi connectivity index (χ0n) is 13.1. The van der Waals surface area contributed by atoms with Crippen molar-refractivity contribution >= 4 is 17.5 Å². The molecule has 3 rings (SSSR count). The summed E-state index contributed by atoms with van der Waals surface area (Å²) >= 11 is 5.93. The van der Waals surface area contributed by atoms with Gasteiger partial charge < -0.3 is 9.64 Å². The van der Waals surface area contributed by atoms with Gasteiger partial charge in [-0.05, 0) is 31.9 Å². The van der Waals surface area contributed by atoms with Crippen LogP contribution in [0.3, 0.4) is 0 Å². The van der Waals surface area contributed by atoms with Crippen LogP contribution in [0.2, 0.25) is 5.02 Å². The summed E-state index contributed by atoms with van der Waals surface area (Å²) in [6.45, 7) is 4.04. The van der Waals surface area contributed by atoms with E-state index >= 15 is 0 Å². The molecule has 0 saturated carbocycles. The number of nitrogens with one attached hydrogen (secondary N) is 1. The molecule has 0 spiro atoms. The number of benzene rings is 1. The van der Waals surface area contributed by atoms with Gasteiger partial charge in [0.2, 0.25) is 0 Å². The molecule has 122 valence electrons. The van der Waals surface area contributed by atoms with Crippen LogP contribution in [-0.4, -0.2) is 46.8 Å². The van der Waals surface area contributed by atoms with E-state index in [0.717, 1.165) is 30.7 Å². The van der Waals surface area contributed by atoms with Gasteiger partial charge in [0.1, 0.15) is 0 Å². The summed E-state index contributed by atoms with van der Waals surface area (Å²) in [6, 6.07) is 7.36. The minimum atomic E-state index is -0.0262. The molecule has 1 atom stereocenters. The number of hydrogen-bond donors (Lipinski definition) is 1. The Hall–Kier alpha value is -1.85. The van der Waals surface area contributed by atoms with Gasteiger partial charge in [-0.3, -0.25) is 9.89 Å². The highest BCUT2D eigenvalue weighted by molar-refractivity contribution is 6.30. The van der Waals surface area contributed by atoms with Crippen LogP contribution in [0, 0.1) is 0 Å². The predicted octanol–water partition coefficient (Wildman–Crippen LogP) is 3.37. The predicted molar refractivity (Wildman–Crippen MR) is 89.6 cm³/mol.